The third kappa shape index (κ3) is 4.31. The van der Waals surface area contributed by atoms with Crippen molar-refractivity contribution in [2.45, 2.75) is 6.42 Å². The predicted octanol–water partition coefficient (Wildman–Crippen LogP) is 3.42. The van der Waals surface area contributed by atoms with Crippen molar-refractivity contribution in [3.63, 3.8) is 0 Å². The van der Waals surface area contributed by atoms with Gasteiger partial charge < -0.3 is 14.7 Å². The third-order valence-corrected chi connectivity index (χ3v) is 3.96. The van der Waals surface area contributed by atoms with Crippen molar-refractivity contribution in [2.24, 2.45) is 0 Å². The molecule has 0 unspecified atom stereocenters. The van der Waals surface area contributed by atoms with Crippen LogP contribution in [0.25, 0.3) is 11.3 Å². The van der Waals surface area contributed by atoms with Crippen LogP contribution in [0.4, 0.5) is 4.79 Å². The number of carbonyl (C=O) groups excluding carboxylic acids is 1. The highest BCUT2D eigenvalue weighted by Gasteiger charge is 2.22. The first-order chi connectivity index (χ1) is 10.9. The average molecular weight is 376 g/mol. The highest BCUT2D eigenvalue weighted by molar-refractivity contribution is 6.99. The zero-order valence-electron chi connectivity index (χ0n) is 11.8. The van der Waals surface area contributed by atoms with Crippen LogP contribution in [0.2, 0.25) is 10.0 Å². The Balaban J connectivity index is 2.19. The number of aliphatic carboxylic acids is 1. The van der Waals surface area contributed by atoms with Crippen molar-refractivity contribution in [1.82, 2.24) is 13.6 Å². The van der Waals surface area contributed by atoms with Gasteiger partial charge in [0.05, 0.1) is 28.2 Å². The zero-order valence-corrected chi connectivity index (χ0v) is 14.2. The summed E-state index contributed by atoms with van der Waals surface area (Å²) in [6.45, 7) is 0.00785. The largest absolute Gasteiger partial charge is 0.481 e. The topological polar surface area (TPSA) is 92.6 Å². The molecule has 0 atom stereocenters. The molecule has 0 bridgehead atoms. The van der Waals surface area contributed by atoms with E-state index in [2.05, 4.69) is 8.75 Å². The molecule has 0 radical (unpaired) electrons. The van der Waals surface area contributed by atoms with Gasteiger partial charge in [0.2, 0.25) is 0 Å². The Labute approximate surface area is 145 Å². The lowest BCUT2D eigenvalue weighted by molar-refractivity contribution is -0.137. The second-order valence-corrected chi connectivity index (χ2v) is 5.79. The SMILES string of the molecule is CN(CCC(=O)O)C(=O)Oc1nsnc1-c1c(Cl)cccc1Cl. The summed E-state index contributed by atoms with van der Waals surface area (Å²) in [5, 5.41) is 9.32. The van der Waals surface area contributed by atoms with E-state index in [0.717, 1.165) is 16.6 Å². The van der Waals surface area contributed by atoms with Crippen molar-refractivity contribution in [3.05, 3.63) is 28.2 Å². The molecule has 1 aromatic carbocycles. The normalized spacial score (nSPS) is 10.4. The molecule has 2 rings (SSSR count). The molecule has 0 saturated heterocycles. The Morgan fingerprint density at radius 1 is 1.30 bits per heavy atom. The van der Waals surface area contributed by atoms with Crippen molar-refractivity contribution in [2.75, 3.05) is 13.6 Å². The van der Waals surface area contributed by atoms with E-state index in [1.165, 1.54) is 7.05 Å². The summed E-state index contributed by atoms with van der Waals surface area (Å²) in [5.74, 6) is -1.04. The van der Waals surface area contributed by atoms with Crippen molar-refractivity contribution in [1.29, 1.82) is 0 Å². The molecule has 122 valence electrons. The van der Waals surface area contributed by atoms with E-state index in [4.69, 9.17) is 33.0 Å². The van der Waals surface area contributed by atoms with Gasteiger partial charge in [-0.05, 0) is 12.1 Å². The molecule has 1 aromatic heterocycles. The van der Waals surface area contributed by atoms with Gasteiger partial charge in [0.15, 0.2) is 5.69 Å². The van der Waals surface area contributed by atoms with Gasteiger partial charge >= 0.3 is 12.1 Å². The standard InChI is InChI=1S/C13H11Cl2N3O4S/c1-18(6-5-9(19)20)13(21)22-12-11(16-23-17-12)10-7(14)3-2-4-8(10)15/h2-4H,5-6H2,1H3,(H,19,20). The molecule has 0 aliphatic carbocycles. The molecule has 0 spiro atoms. The number of hydrogen-bond donors (Lipinski definition) is 1. The maximum atomic E-state index is 12.0. The third-order valence-electron chi connectivity index (χ3n) is 2.81. The summed E-state index contributed by atoms with van der Waals surface area (Å²) in [6.07, 6.45) is -0.937. The number of ether oxygens (including phenoxy) is 1. The number of hydrogen-bond acceptors (Lipinski definition) is 6. The molecular formula is C13H11Cl2N3O4S. The van der Waals surface area contributed by atoms with Crippen LogP contribution in [-0.2, 0) is 4.79 Å². The second-order valence-electron chi connectivity index (χ2n) is 4.45. The van der Waals surface area contributed by atoms with E-state index in [-0.39, 0.29) is 24.5 Å². The molecule has 0 fully saturated rings. The number of carboxylic acid groups (broad SMARTS) is 1. The summed E-state index contributed by atoms with van der Waals surface area (Å²) in [5.41, 5.74) is 0.672. The molecule has 2 aromatic rings. The fourth-order valence-corrected chi connectivity index (χ4v) is 2.71. The summed E-state index contributed by atoms with van der Waals surface area (Å²) < 4.78 is 13.1. The summed E-state index contributed by atoms with van der Waals surface area (Å²) in [7, 11) is 1.42. The molecule has 1 heterocycles. The van der Waals surface area contributed by atoms with Gasteiger partial charge in [0.25, 0.3) is 5.88 Å². The lowest BCUT2D eigenvalue weighted by Crippen LogP contribution is -2.31. The van der Waals surface area contributed by atoms with Gasteiger partial charge in [0, 0.05) is 19.2 Å². The van der Waals surface area contributed by atoms with Crippen LogP contribution >= 0.6 is 34.9 Å². The van der Waals surface area contributed by atoms with E-state index >= 15 is 0 Å². The van der Waals surface area contributed by atoms with Gasteiger partial charge in [-0.15, -0.1) is 4.37 Å². The van der Waals surface area contributed by atoms with Gasteiger partial charge in [-0.2, -0.15) is 4.37 Å². The molecule has 10 heteroatoms. The van der Waals surface area contributed by atoms with E-state index in [9.17, 15) is 9.59 Å². The van der Waals surface area contributed by atoms with E-state index in [1.807, 2.05) is 0 Å². The van der Waals surface area contributed by atoms with Crippen LogP contribution < -0.4 is 4.74 Å². The minimum absolute atomic E-state index is 0.00785. The molecule has 0 saturated carbocycles. The van der Waals surface area contributed by atoms with E-state index < -0.39 is 12.1 Å². The maximum Gasteiger partial charge on any atom is 0.416 e. The van der Waals surface area contributed by atoms with Crippen LogP contribution in [0.3, 0.4) is 0 Å². The molecule has 0 aliphatic rings. The first-order valence-electron chi connectivity index (χ1n) is 6.32. The fraction of sp³-hybridized carbons (Fsp3) is 0.231. The maximum absolute atomic E-state index is 12.0. The monoisotopic (exact) mass is 375 g/mol. The number of carboxylic acids is 1. The highest BCUT2D eigenvalue weighted by atomic mass is 35.5. The van der Waals surface area contributed by atoms with Crippen LogP contribution in [0.5, 0.6) is 5.88 Å². The zero-order chi connectivity index (χ0) is 17.0. The second kappa shape index (κ2) is 7.58. The van der Waals surface area contributed by atoms with Gasteiger partial charge in [-0.3, -0.25) is 4.79 Å². The molecule has 1 amide bonds. The summed E-state index contributed by atoms with van der Waals surface area (Å²) in [4.78, 5) is 23.6. The summed E-state index contributed by atoms with van der Waals surface area (Å²) in [6, 6.07) is 4.94. The number of rotatable bonds is 5. The van der Waals surface area contributed by atoms with Crippen molar-refractivity contribution in [3.8, 4) is 17.1 Å². The Hall–Kier alpha value is -1.90. The minimum Gasteiger partial charge on any atom is -0.481 e. The first kappa shape index (κ1) is 17.5. The number of nitrogens with zero attached hydrogens (tertiary/aromatic N) is 3. The van der Waals surface area contributed by atoms with Gasteiger partial charge in [-0.1, -0.05) is 29.3 Å². The number of halogens is 2. The molecule has 23 heavy (non-hydrogen) atoms. The number of aromatic nitrogens is 2. The van der Waals surface area contributed by atoms with Crippen LogP contribution in [-0.4, -0.2) is 44.4 Å². The van der Waals surface area contributed by atoms with Crippen LogP contribution in [0.1, 0.15) is 6.42 Å². The van der Waals surface area contributed by atoms with Crippen LogP contribution in [0, 0.1) is 0 Å². The molecule has 1 N–H and O–H groups in total. The quantitative estimate of drug-likeness (QED) is 0.860. The highest BCUT2D eigenvalue weighted by Crippen LogP contribution is 2.38. The molecule has 0 aliphatic heterocycles. The van der Waals surface area contributed by atoms with Crippen LogP contribution in [0.15, 0.2) is 18.2 Å². The predicted molar refractivity (Wildman–Crippen MR) is 86.3 cm³/mol. The van der Waals surface area contributed by atoms with Gasteiger partial charge in [-0.25, -0.2) is 4.79 Å². The summed E-state index contributed by atoms with van der Waals surface area (Å²) >= 11 is 13.1. The smallest absolute Gasteiger partial charge is 0.416 e. The minimum atomic E-state index is -1.01. The van der Waals surface area contributed by atoms with Gasteiger partial charge in [0.1, 0.15) is 0 Å². The fourth-order valence-electron chi connectivity index (χ4n) is 1.64. The Morgan fingerprint density at radius 2 is 1.96 bits per heavy atom. The Bertz CT molecular complexity index is 718. The van der Waals surface area contributed by atoms with E-state index in [1.54, 1.807) is 18.2 Å². The van der Waals surface area contributed by atoms with E-state index in [0.29, 0.717) is 15.6 Å². The average Bonchev–Trinajstić information content (AvgIpc) is 2.92. The lowest BCUT2D eigenvalue weighted by Gasteiger charge is -2.15. The molecule has 7 nitrogen and oxygen atoms in total. The number of benzene rings is 1. The number of amides is 1. The van der Waals surface area contributed by atoms with Crippen molar-refractivity contribution < 1.29 is 19.4 Å². The van der Waals surface area contributed by atoms with Crippen molar-refractivity contribution >= 4 is 47.0 Å². The first-order valence-corrected chi connectivity index (χ1v) is 7.80. The lowest BCUT2D eigenvalue weighted by atomic mass is 10.1. The Morgan fingerprint density at radius 3 is 2.57 bits per heavy atom. The molecular weight excluding hydrogens is 365 g/mol. The Kier molecular flexibility index (Phi) is 5.75. The number of carbonyl (C=O) groups is 2.